The number of rotatable bonds is 7. The summed E-state index contributed by atoms with van der Waals surface area (Å²) in [5, 5.41) is 0. The molecule has 1 aromatic heterocycles. The Labute approximate surface area is 143 Å². The average Bonchev–Trinajstić information content (AvgIpc) is 2.58. The molecule has 0 saturated carbocycles. The van der Waals surface area contributed by atoms with Gasteiger partial charge in [0.2, 0.25) is 0 Å². The normalized spacial score (nSPS) is 10.0. The minimum Gasteiger partial charge on any atom is -0.493 e. The van der Waals surface area contributed by atoms with E-state index in [1.807, 2.05) is 12.1 Å². The highest BCUT2D eigenvalue weighted by Crippen LogP contribution is 2.37. The number of pyridine rings is 1. The van der Waals surface area contributed by atoms with Crippen LogP contribution in [-0.4, -0.2) is 24.7 Å². The SMILES string of the molecule is C=CCOC(=O)c1cc(Br)c(OCc2cccnc2)c(OC)c1. The lowest BCUT2D eigenvalue weighted by atomic mass is 10.2. The molecule has 0 bridgehead atoms. The molecule has 0 radical (unpaired) electrons. The lowest BCUT2D eigenvalue weighted by Gasteiger charge is -2.14. The zero-order chi connectivity index (χ0) is 16.7. The standard InChI is InChI=1S/C17H16BrNO4/c1-3-7-22-17(20)13-8-14(18)16(15(9-13)21-2)23-11-12-5-4-6-19-10-12/h3-6,8-10H,1,7,11H2,2H3. The van der Waals surface area contributed by atoms with Crippen LogP contribution in [0, 0.1) is 0 Å². The highest BCUT2D eigenvalue weighted by molar-refractivity contribution is 9.10. The molecule has 1 aromatic carbocycles. The molecule has 0 N–H and O–H groups in total. The Hall–Kier alpha value is -2.34. The predicted octanol–water partition coefficient (Wildman–Crippen LogP) is 3.77. The quantitative estimate of drug-likeness (QED) is 0.542. The molecular weight excluding hydrogens is 362 g/mol. The van der Waals surface area contributed by atoms with E-state index in [9.17, 15) is 4.79 Å². The topological polar surface area (TPSA) is 57.7 Å². The Morgan fingerprint density at radius 1 is 1.43 bits per heavy atom. The van der Waals surface area contributed by atoms with Crippen molar-refractivity contribution in [2.45, 2.75) is 6.61 Å². The molecule has 1 heterocycles. The molecule has 0 fully saturated rings. The van der Waals surface area contributed by atoms with Gasteiger partial charge in [-0.25, -0.2) is 4.79 Å². The summed E-state index contributed by atoms with van der Waals surface area (Å²) >= 11 is 3.40. The molecule has 0 saturated heterocycles. The summed E-state index contributed by atoms with van der Waals surface area (Å²) in [6.45, 7) is 4.00. The second kappa shape index (κ2) is 8.33. The van der Waals surface area contributed by atoms with Crippen LogP contribution in [0.3, 0.4) is 0 Å². The molecule has 0 amide bonds. The van der Waals surface area contributed by atoms with E-state index in [0.29, 0.717) is 28.1 Å². The Bertz CT molecular complexity index is 688. The van der Waals surface area contributed by atoms with E-state index in [-0.39, 0.29) is 6.61 Å². The van der Waals surface area contributed by atoms with Gasteiger partial charge in [0.25, 0.3) is 0 Å². The maximum absolute atomic E-state index is 11.9. The molecule has 0 aliphatic heterocycles. The van der Waals surface area contributed by atoms with Gasteiger partial charge in [-0.05, 0) is 34.1 Å². The predicted molar refractivity (Wildman–Crippen MR) is 89.7 cm³/mol. The van der Waals surface area contributed by atoms with Crippen LogP contribution in [-0.2, 0) is 11.3 Å². The largest absolute Gasteiger partial charge is 0.493 e. The summed E-state index contributed by atoms with van der Waals surface area (Å²) in [7, 11) is 1.51. The van der Waals surface area contributed by atoms with Crippen LogP contribution in [0.2, 0.25) is 0 Å². The summed E-state index contributed by atoms with van der Waals surface area (Å²) < 4.78 is 16.7. The number of ether oxygens (including phenoxy) is 3. The summed E-state index contributed by atoms with van der Waals surface area (Å²) in [5.41, 5.74) is 1.29. The van der Waals surface area contributed by atoms with E-state index in [0.717, 1.165) is 5.56 Å². The second-order valence-electron chi connectivity index (χ2n) is 4.53. The van der Waals surface area contributed by atoms with Gasteiger partial charge in [0.15, 0.2) is 11.5 Å². The number of esters is 1. The third-order valence-corrected chi connectivity index (χ3v) is 3.49. The minimum atomic E-state index is -0.456. The number of halogens is 1. The molecule has 0 aliphatic carbocycles. The highest BCUT2D eigenvalue weighted by Gasteiger charge is 2.16. The van der Waals surface area contributed by atoms with Crippen LogP contribution in [0.15, 0.2) is 53.8 Å². The number of carbonyl (C=O) groups excluding carboxylic acids is 1. The van der Waals surface area contributed by atoms with Crippen LogP contribution < -0.4 is 9.47 Å². The molecule has 2 rings (SSSR count). The minimum absolute atomic E-state index is 0.151. The van der Waals surface area contributed by atoms with Crippen molar-refractivity contribution in [2.24, 2.45) is 0 Å². The summed E-state index contributed by atoms with van der Waals surface area (Å²) in [6, 6.07) is 6.96. The Kier molecular flexibility index (Phi) is 6.17. The van der Waals surface area contributed by atoms with E-state index in [4.69, 9.17) is 14.2 Å². The van der Waals surface area contributed by atoms with Crippen molar-refractivity contribution in [3.63, 3.8) is 0 Å². The van der Waals surface area contributed by atoms with Crippen LogP contribution in [0.25, 0.3) is 0 Å². The summed E-state index contributed by atoms with van der Waals surface area (Å²) in [4.78, 5) is 16.0. The fourth-order valence-electron chi connectivity index (χ4n) is 1.83. The van der Waals surface area contributed by atoms with Crippen LogP contribution in [0.4, 0.5) is 0 Å². The van der Waals surface area contributed by atoms with Crippen LogP contribution >= 0.6 is 15.9 Å². The molecule has 6 heteroatoms. The van der Waals surface area contributed by atoms with Gasteiger partial charge >= 0.3 is 5.97 Å². The van der Waals surface area contributed by atoms with Gasteiger partial charge < -0.3 is 14.2 Å². The van der Waals surface area contributed by atoms with Gasteiger partial charge in [-0.1, -0.05) is 18.7 Å². The van der Waals surface area contributed by atoms with Gasteiger partial charge in [-0.3, -0.25) is 4.98 Å². The number of benzene rings is 1. The first-order chi connectivity index (χ1) is 11.2. The van der Waals surface area contributed by atoms with Gasteiger partial charge in [0, 0.05) is 18.0 Å². The van der Waals surface area contributed by atoms with Crippen molar-refractivity contribution in [1.29, 1.82) is 0 Å². The maximum Gasteiger partial charge on any atom is 0.338 e. The summed E-state index contributed by atoms with van der Waals surface area (Å²) in [6.07, 6.45) is 4.93. The van der Waals surface area contributed by atoms with E-state index < -0.39 is 5.97 Å². The van der Waals surface area contributed by atoms with Gasteiger partial charge in [0.1, 0.15) is 13.2 Å². The Morgan fingerprint density at radius 2 is 2.26 bits per heavy atom. The first-order valence-electron chi connectivity index (χ1n) is 6.83. The van der Waals surface area contributed by atoms with Crippen molar-refractivity contribution < 1.29 is 19.0 Å². The fourth-order valence-corrected chi connectivity index (χ4v) is 2.39. The molecule has 120 valence electrons. The second-order valence-corrected chi connectivity index (χ2v) is 5.38. The number of hydrogen-bond donors (Lipinski definition) is 0. The smallest absolute Gasteiger partial charge is 0.338 e. The summed E-state index contributed by atoms with van der Waals surface area (Å²) in [5.74, 6) is 0.494. The molecule has 0 atom stereocenters. The van der Waals surface area contributed by atoms with Crippen molar-refractivity contribution >= 4 is 21.9 Å². The van der Waals surface area contributed by atoms with E-state index in [1.54, 1.807) is 24.5 Å². The number of nitrogens with zero attached hydrogens (tertiary/aromatic N) is 1. The zero-order valence-corrected chi connectivity index (χ0v) is 14.2. The van der Waals surface area contributed by atoms with Crippen molar-refractivity contribution in [3.8, 4) is 11.5 Å². The van der Waals surface area contributed by atoms with Gasteiger partial charge in [-0.2, -0.15) is 0 Å². The Morgan fingerprint density at radius 3 is 2.91 bits per heavy atom. The maximum atomic E-state index is 11.9. The van der Waals surface area contributed by atoms with Gasteiger partial charge in [0.05, 0.1) is 17.1 Å². The molecule has 23 heavy (non-hydrogen) atoms. The van der Waals surface area contributed by atoms with Crippen molar-refractivity contribution in [3.05, 3.63) is 64.9 Å². The van der Waals surface area contributed by atoms with Crippen molar-refractivity contribution in [2.75, 3.05) is 13.7 Å². The molecule has 2 aromatic rings. The van der Waals surface area contributed by atoms with Crippen molar-refractivity contribution in [1.82, 2.24) is 4.98 Å². The molecule has 0 aliphatic rings. The van der Waals surface area contributed by atoms with Crippen LogP contribution in [0.5, 0.6) is 11.5 Å². The zero-order valence-electron chi connectivity index (χ0n) is 12.6. The van der Waals surface area contributed by atoms with Gasteiger partial charge in [-0.15, -0.1) is 0 Å². The number of methoxy groups -OCH3 is 1. The first-order valence-corrected chi connectivity index (χ1v) is 7.62. The monoisotopic (exact) mass is 377 g/mol. The highest BCUT2D eigenvalue weighted by atomic mass is 79.9. The number of hydrogen-bond acceptors (Lipinski definition) is 5. The number of aromatic nitrogens is 1. The lowest BCUT2D eigenvalue weighted by molar-refractivity contribution is 0.0549. The molecular formula is C17H16BrNO4. The molecule has 5 nitrogen and oxygen atoms in total. The lowest BCUT2D eigenvalue weighted by Crippen LogP contribution is -2.06. The van der Waals surface area contributed by atoms with E-state index in [2.05, 4.69) is 27.5 Å². The third-order valence-electron chi connectivity index (χ3n) is 2.90. The van der Waals surface area contributed by atoms with E-state index >= 15 is 0 Å². The number of carbonyl (C=O) groups is 1. The third kappa shape index (κ3) is 4.56. The molecule has 0 unspecified atom stereocenters. The first kappa shape index (κ1) is 17.0. The molecule has 0 spiro atoms. The average molecular weight is 378 g/mol. The van der Waals surface area contributed by atoms with E-state index in [1.165, 1.54) is 13.2 Å². The van der Waals surface area contributed by atoms with Crippen LogP contribution in [0.1, 0.15) is 15.9 Å². The Balaban J connectivity index is 2.19. The fraction of sp³-hybridized carbons (Fsp3) is 0.176.